The summed E-state index contributed by atoms with van der Waals surface area (Å²) in [6, 6.07) is 18.0. The van der Waals surface area contributed by atoms with Crippen molar-refractivity contribution in [2.24, 2.45) is 7.05 Å². The third kappa shape index (κ3) is 3.59. The van der Waals surface area contributed by atoms with Crippen LogP contribution in [0.1, 0.15) is 36.9 Å². The van der Waals surface area contributed by atoms with Crippen LogP contribution in [0.4, 0.5) is 0 Å². The molecule has 30 heavy (non-hydrogen) atoms. The number of aliphatic carboxylic acids is 1. The van der Waals surface area contributed by atoms with Crippen molar-refractivity contribution >= 4 is 16.9 Å². The summed E-state index contributed by atoms with van der Waals surface area (Å²) in [5.74, 6) is -0.861. The molecule has 0 saturated carbocycles. The second kappa shape index (κ2) is 8.11. The lowest BCUT2D eigenvalue weighted by atomic mass is 9.89. The normalized spacial score (nSPS) is 12.2. The fourth-order valence-corrected chi connectivity index (χ4v) is 4.04. The van der Waals surface area contributed by atoms with E-state index < -0.39 is 11.9 Å². The summed E-state index contributed by atoms with van der Waals surface area (Å²) >= 11 is 0. The highest BCUT2D eigenvalue weighted by Gasteiger charge is 2.27. The van der Waals surface area contributed by atoms with Crippen molar-refractivity contribution in [3.63, 3.8) is 0 Å². The molecule has 0 saturated heterocycles. The van der Waals surface area contributed by atoms with Crippen LogP contribution in [0, 0.1) is 6.92 Å². The van der Waals surface area contributed by atoms with E-state index >= 15 is 0 Å². The third-order valence-electron chi connectivity index (χ3n) is 5.55. The van der Waals surface area contributed by atoms with E-state index in [0.717, 1.165) is 28.5 Å². The maximum atomic E-state index is 12.1. The molecule has 2 aromatic heterocycles. The molecule has 1 unspecified atom stereocenters. The first-order valence-corrected chi connectivity index (χ1v) is 10.2. The van der Waals surface area contributed by atoms with Gasteiger partial charge in [0.2, 0.25) is 0 Å². The molecule has 0 radical (unpaired) electrons. The smallest absolute Gasteiger partial charge is 0.311 e. The number of benzene rings is 2. The number of rotatable bonds is 6. The summed E-state index contributed by atoms with van der Waals surface area (Å²) in [6.45, 7) is 3.89. The van der Waals surface area contributed by atoms with Crippen LogP contribution in [0.15, 0.2) is 60.8 Å². The summed E-state index contributed by atoms with van der Waals surface area (Å²) in [5.41, 5.74) is 5.07. The van der Waals surface area contributed by atoms with Crippen molar-refractivity contribution < 1.29 is 9.90 Å². The Labute approximate surface area is 176 Å². The van der Waals surface area contributed by atoms with Gasteiger partial charge in [-0.25, -0.2) is 9.97 Å². The zero-order valence-electron chi connectivity index (χ0n) is 17.5. The summed E-state index contributed by atoms with van der Waals surface area (Å²) in [4.78, 5) is 21.7. The minimum absolute atomic E-state index is 0.546. The molecule has 0 amide bonds. The van der Waals surface area contributed by atoms with E-state index in [4.69, 9.17) is 9.97 Å². The number of carboxylic acid groups (broad SMARTS) is 1. The standard InChI is InChI=1S/C25H25N3O2/c1-4-8-20(25(29)30)22-16(2)26-24(17-9-6-5-7-10-17)27-23(22)19-11-12-21-18(15-19)13-14-28(21)3/h5-7,9-15,20H,4,8H2,1-3H3,(H,29,30). The highest BCUT2D eigenvalue weighted by molar-refractivity contribution is 5.87. The average molecular weight is 399 g/mol. The van der Waals surface area contributed by atoms with Crippen LogP contribution >= 0.6 is 0 Å². The Balaban J connectivity index is 1.98. The number of aromatic nitrogens is 3. The maximum Gasteiger partial charge on any atom is 0.311 e. The van der Waals surface area contributed by atoms with Gasteiger partial charge in [-0.05, 0) is 31.5 Å². The van der Waals surface area contributed by atoms with Crippen LogP contribution in [0.2, 0.25) is 0 Å². The van der Waals surface area contributed by atoms with Gasteiger partial charge in [-0.15, -0.1) is 0 Å². The van der Waals surface area contributed by atoms with Gasteiger partial charge in [0.1, 0.15) is 0 Å². The number of nitrogens with zero attached hydrogens (tertiary/aromatic N) is 3. The van der Waals surface area contributed by atoms with E-state index in [1.165, 1.54) is 0 Å². The molecule has 4 aromatic rings. The molecule has 2 aromatic carbocycles. The molecular formula is C25H25N3O2. The summed E-state index contributed by atoms with van der Waals surface area (Å²) in [7, 11) is 2.01. The summed E-state index contributed by atoms with van der Waals surface area (Å²) in [5, 5.41) is 11.1. The lowest BCUT2D eigenvalue weighted by Gasteiger charge is -2.19. The monoisotopic (exact) mass is 399 g/mol. The van der Waals surface area contributed by atoms with Gasteiger partial charge in [0, 0.05) is 46.5 Å². The molecule has 0 aliphatic rings. The van der Waals surface area contributed by atoms with Crippen molar-refractivity contribution in [2.45, 2.75) is 32.6 Å². The second-order valence-electron chi connectivity index (χ2n) is 7.64. The van der Waals surface area contributed by atoms with Gasteiger partial charge in [-0.2, -0.15) is 0 Å². The lowest BCUT2D eigenvalue weighted by Crippen LogP contribution is -2.16. The van der Waals surface area contributed by atoms with Gasteiger partial charge in [-0.3, -0.25) is 4.79 Å². The van der Waals surface area contributed by atoms with Crippen LogP contribution in [-0.2, 0) is 11.8 Å². The molecule has 0 aliphatic carbocycles. The van der Waals surface area contributed by atoms with Gasteiger partial charge >= 0.3 is 5.97 Å². The first-order chi connectivity index (χ1) is 14.5. The Morgan fingerprint density at radius 2 is 1.83 bits per heavy atom. The average Bonchev–Trinajstić information content (AvgIpc) is 3.12. The Morgan fingerprint density at radius 1 is 1.07 bits per heavy atom. The minimum atomic E-state index is -0.835. The molecule has 0 fully saturated rings. The number of fused-ring (bicyclic) bond motifs is 1. The van der Waals surface area contributed by atoms with E-state index in [1.54, 1.807) is 0 Å². The van der Waals surface area contributed by atoms with Crippen molar-refractivity contribution in [3.05, 3.63) is 72.1 Å². The molecule has 0 spiro atoms. The number of carboxylic acids is 1. The minimum Gasteiger partial charge on any atom is -0.481 e. The van der Waals surface area contributed by atoms with Crippen molar-refractivity contribution in [3.8, 4) is 22.6 Å². The van der Waals surface area contributed by atoms with Crippen LogP contribution in [0.25, 0.3) is 33.5 Å². The largest absolute Gasteiger partial charge is 0.481 e. The van der Waals surface area contributed by atoms with Gasteiger partial charge in [0.15, 0.2) is 5.82 Å². The predicted molar refractivity (Wildman–Crippen MR) is 119 cm³/mol. The fraction of sp³-hybridized carbons (Fsp3) is 0.240. The molecule has 0 aliphatic heterocycles. The van der Waals surface area contributed by atoms with E-state index in [1.807, 2.05) is 63.5 Å². The molecule has 5 nitrogen and oxygen atoms in total. The summed E-state index contributed by atoms with van der Waals surface area (Å²) < 4.78 is 2.07. The highest BCUT2D eigenvalue weighted by Crippen LogP contribution is 2.35. The van der Waals surface area contributed by atoms with E-state index in [0.29, 0.717) is 29.2 Å². The zero-order valence-corrected chi connectivity index (χ0v) is 17.5. The molecule has 1 atom stereocenters. The van der Waals surface area contributed by atoms with E-state index in [2.05, 4.69) is 22.8 Å². The van der Waals surface area contributed by atoms with Gasteiger partial charge in [-0.1, -0.05) is 49.7 Å². The highest BCUT2D eigenvalue weighted by atomic mass is 16.4. The molecule has 152 valence electrons. The zero-order chi connectivity index (χ0) is 21.3. The Morgan fingerprint density at radius 3 is 2.53 bits per heavy atom. The quantitative estimate of drug-likeness (QED) is 0.460. The van der Waals surface area contributed by atoms with Gasteiger partial charge in [0.25, 0.3) is 0 Å². The van der Waals surface area contributed by atoms with Crippen molar-refractivity contribution in [2.75, 3.05) is 0 Å². The van der Waals surface area contributed by atoms with Gasteiger partial charge < -0.3 is 9.67 Å². The Kier molecular flexibility index (Phi) is 5.36. The Hall–Kier alpha value is -3.47. The number of hydrogen-bond donors (Lipinski definition) is 1. The topological polar surface area (TPSA) is 68.0 Å². The maximum absolute atomic E-state index is 12.1. The van der Waals surface area contributed by atoms with E-state index in [9.17, 15) is 9.90 Å². The molecule has 4 rings (SSSR count). The van der Waals surface area contributed by atoms with Crippen LogP contribution < -0.4 is 0 Å². The number of carbonyl (C=O) groups is 1. The Bertz CT molecular complexity index is 1210. The first-order valence-electron chi connectivity index (χ1n) is 10.2. The fourth-order valence-electron chi connectivity index (χ4n) is 4.04. The first kappa shape index (κ1) is 19.8. The summed E-state index contributed by atoms with van der Waals surface area (Å²) in [6.07, 6.45) is 3.34. The number of hydrogen-bond acceptors (Lipinski definition) is 3. The number of aryl methyl sites for hydroxylation is 2. The predicted octanol–water partition coefficient (Wildman–Crippen LogP) is 5.58. The lowest BCUT2D eigenvalue weighted by molar-refractivity contribution is -0.139. The molecular weight excluding hydrogens is 374 g/mol. The molecule has 5 heteroatoms. The van der Waals surface area contributed by atoms with Crippen molar-refractivity contribution in [1.29, 1.82) is 0 Å². The molecule has 2 heterocycles. The molecule has 1 N–H and O–H groups in total. The third-order valence-corrected chi connectivity index (χ3v) is 5.55. The van der Waals surface area contributed by atoms with Crippen LogP contribution in [0.3, 0.4) is 0 Å². The second-order valence-corrected chi connectivity index (χ2v) is 7.64. The van der Waals surface area contributed by atoms with Crippen LogP contribution in [0.5, 0.6) is 0 Å². The van der Waals surface area contributed by atoms with Crippen LogP contribution in [-0.4, -0.2) is 25.6 Å². The van der Waals surface area contributed by atoms with E-state index in [-0.39, 0.29) is 0 Å². The van der Waals surface area contributed by atoms with Gasteiger partial charge in [0.05, 0.1) is 11.6 Å². The van der Waals surface area contributed by atoms with Crippen molar-refractivity contribution in [1.82, 2.24) is 14.5 Å². The molecule has 0 bridgehead atoms. The SMILES string of the molecule is CCCC(C(=O)O)c1c(C)nc(-c2ccccc2)nc1-c1ccc2c(ccn2C)c1.